The molecule has 2 aromatic rings. The summed E-state index contributed by atoms with van der Waals surface area (Å²) in [6.45, 7) is 2.06. The topological polar surface area (TPSA) is 39.6 Å². The maximum atomic E-state index is 9.04. The summed E-state index contributed by atoms with van der Waals surface area (Å²) < 4.78 is 0. The Bertz CT molecular complexity index is 522. The average molecular weight is 216 g/mol. The number of aryl methyl sites for hydroxylation is 1. The molecule has 0 saturated heterocycles. The molecule has 3 heteroatoms. The Labute approximate surface area is 93.3 Å². The predicted molar refractivity (Wildman–Crippen MR) is 64.9 cm³/mol. The Morgan fingerprint density at radius 2 is 2.13 bits per heavy atom. The zero-order valence-corrected chi connectivity index (χ0v) is 9.56. The smallest absolute Gasteiger partial charge is 0.131 e. The van der Waals surface area contributed by atoms with E-state index in [9.17, 15) is 0 Å². The normalized spacial score (nSPS) is 12.6. The minimum atomic E-state index is -0.0996. The first-order valence-electron chi connectivity index (χ1n) is 4.77. The second-order valence-electron chi connectivity index (χ2n) is 3.45. The van der Waals surface area contributed by atoms with Crippen LogP contribution in [-0.4, -0.2) is 11.2 Å². The molecular formula is C12H12N2S. The van der Waals surface area contributed by atoms with Crippen molar-refractivity contribution in [3.63, 3.8) is 0 Å². The minimum Gasteiger partial charge on any atom is -0.356 e. The standard InChI is InChI=1S/C12H12N2S/c1-8-9-5-3-4-6-10(9)14-12(8)11(7-13)15-2/h3-6,11,14H,1-2H3. The van der Waals surface area contributed by atoms with Crippen LogP contribution in [0.1, 0.15) is 16.5 Å². The summed E-state index contributed by atoms with van der Waals surface area (Å²) in [5.74, 6) is 0. The molecule has 1 atom stereocenters. The lowest BCUT2D eigenvalue weighted by Crippen LogP contribution is -1.92. The van der Waals surface area contributed by atoms with E-state index in [4.69, 9.17) is 5.26 Å². The monoisotopic (exact) mass is 216 g/mol. The van der Waals surface area contributed by atoms with Crippen molar-refractivity contribution in [2.24, 2.45) is 0 Å². The van der Waals surface area contributed by atoms with E-state index in [1.165, 1.54) is 10.9 Å². The lowest BCUT2D eigenvalue weighted by molar-refractivity contribution is 1.12. The lowest BCUT2D eigenvalue weighted by Gasteiger charge is -2.03. The van der Waals surface area contributed by atoms with Crippen molar-refractivity contribution in [1.82, 2.24) is 4.98 Å². The Morgan fingerprint density at radius 3 is 2.73 bits per heavy atom. The molecule has 0 amide bonds. The van der Waals surface area contributed by atoms with Crippen LogP contribution in [0.2, 0.25) is 0 Å². The number of hydrogen-bond donors (Lipinski definition) is 1. The third-order valence-electron chi connectivity index (χ3n) is 2.62. The molecule has 2 nitrogen and oxygen atoms in total. The van der Waals surface area contributed by atoms with Gasteiger partial charge in [0.05, 0.1) is 6.07 Å². The summed E-state index contributed by atoms with van der Waals surface area (Å²) in [6, 6.07) is 10.5. The highest BCUT2D eigenvalue weighted by molar-refractivity contribution is 7.99. The third-order valence-corrected chi connectivity index (χ3v) is 3.43. The fraction of sp³-hybridized carbons (Fsp3) is 0.250. The highest BCUT2D eigenvalue weighted by Crippen LogP contribution is 2.31. The molecule has 0 aliphatic rings. The van der Waals surface area contributed by atoms with Crippen molar-refractivity contribution in [1.29, 1.82) is 5.26 Å². The number of fused-ring (bicyclic) bond motifs is 1. The van der Waals surface area contributed by atoms with Gasteiger partial charge in [-0.25, -0.2) is 0 Å². The van der Waals surface area contributed by atoms with Crippen LogP contribution in [-0.2, 0) is 0 Å². The molecule has 0 fully saturated rings. The highest BCUT2D eigenvalue weighted by Gasteiger charge is 2.15. The molecule has 15 heavy (non-hydrogen) atoms. The number of aromatic nitrogens is 1. The Balaban J connectivity index is 2.63. The summed E-state index contributed by atoms with van der Waals surface area (Å²) in [5.41, 5.74) is 3.33. The van der Waals surface area contributed by atoms with Gasteiger partial charge in [0, 0.05) is 16.6 Å². The minimum absolute atomic E-state index is 0.0996. The average Bonchev–Trinajstić information content (AvgIpc) is 2.60. The molecule has 0 bridgehead atoms. The van der Waals surface area contributed by atoms with E-state index >= 15 is 0 Å². The fourth-order valence-electron chi connectivity index (χ4n) is 1.80. The van der Waals surface area contributed by atoms with E-state index in [2.05, 4.69) is 24.0 Å². The van der Waals surface area contributed by atoms with Gasteiger partial charge in [-0.3, -0.25) is 0 Å². The third kappa shape index (κ3) is 1.62. The van der Waals surface area contributed by atoms with E-state index in [1.807, 2.05) is 24.5 Å². The number of para-hydroxylation sites is 1. The molecule has 0 spiro atoms. The second-order valence-corrected chi connectivity index (χ2v) is 4.40. The first-order valence-corrected chi connectivity index (χ1v) is 6.06. The van der Waals surface area contributed by atoms with Crippen LogP contribution >= 0.6 is 11.8 Å². The van der Waals surface area contributed by atoms with Crippen LogP contribution in [0.4, 0.5) is 0 Å². The van der Waals surface area contributed by atoms with E-state index in [0.29, 0.717) is 0 Å². The van der Waals surface area contributed by atoms with E-state index in [0.717, 1.165) is 11.2 Å². The second kappa shape index (κ2) is 4.00. The molecule has 76 valence electrons. The zero-order valence-electron chi connectivity index (χ0n) is 8.74. The molecule has 0 aliphatic heterocycles. The molecule has 2 rings (SSSR count). The zero-order chi connectivity index (χ0) is 10.8. The van der Waals surface area contributed by atoms with Gasteiger partial charge in [0.25, 0.3) is 0 Å². The number of thioether (sulfide) groups is 1. The van der Waals surface area contributed by atoms with E-state index < -0.39 is 0 Å². The van der Waals surface area contributed by atoms with Gasteiger partial charge in [-0.1, -0.05) is 18.2 Å². The van der Waals surface area contributed by atoms with Gasteiger partial charge in [-0.15, -0.1) is 11.8 Å². The van der Waals surface area contributed by atoms with Crippen LogP contribution in [0, 0.1) is 18.3 Å². The maximum Gasteiger partial charge on any atom is 0.131 e. The SMILES string of the molecule is CSC(C#N)c1[nH]c2ccccc2c1C. The van der Waals surface area contributed by atoms with Crippen molar-refractivity contribution in [2.75, 3.05) is 6.26 Å². The van der Waals surface area contributed by atoms with Gasteiger partial charge in [0.2, 0.25) is 0 Å². The van der Waals surface area contributed by atoms with Gasteiger partial charge in [-0.05, 0) is 24.8 Å². The van der Waals surface area contributed by atoms with Gasteiger partial charge < -0.3 is 4.98 Å². The largest absolute Gasteiger partial charge is 0.356 e. The van der Waals surface area contributed by atoms with Crippen molar-refractivity contribution >= 4 is 22.7 Å². The Kier molecular flexibility index (Phi) is 2.70. The first-order chi connectivity index (χ1) is 7.27. The van der Waals surface area contributed by atoms with E-state index in [1.54, 1.807) is 11.8 Å². The maximum absolute atomic E-state index is 9.04. The molecule has 0 radical (unpaired) electrons. The fourth-order valence-corrected chi connectivity index (χ4v) is 2.38. The van der Waals surface area contributed by atoms with Gasteiger partial charge in [0.15, 0.2) is 0 Å². The Morgan fingerprint density at radius 1 is 1.40 bits per heavy atom. The van der Waals surface area contributed by atoms with Crippen LogP contribution < -0.4 is 0 Å². The highest BCUT2D eigenvalue weighted by atomic mass is 32.2. The molecule has 1 aromatic carbocycles. The van der Waals surface area contributed by atoms with Gasteiger partial charge >= 0.3 is 0 Å². The van der Waals surface area contributed by atoms with Gasteiger partial charge in [0.1, 0.15) is 5.25 Å². The van der Waals surface area contributed by atoms with Crippen LogP contribution in [0.5, 0.6) is 0 Å². The van der Waals surface area contributed by atoms with Crippen molar-refractivity contribution in [3.05, 3.63) is 35.5 Å². The van der Waals surface area contributed by atoms with Crippen LogP contribution in [0.3, 0.4) is 0 Å². The molecule has 1 aromatic heterocycles. The predicted octanol–water partition coefficient (Wildman–Crippen LogP) is 3.40. The number of H-pyrrole nitrogens is 1. The molecule has 1 N–H and O–H groups in total. The number of aromatic amines is 1. The van der Waals surface area contributed by atoms with E-state index in [-0.39, 0.29) is 5.25 Å². The van der Waals surface area contributed by atoms with Crippen molar-refractivity contribution in [2.45, 2.75) is 12.2 Å². The summed E-state index contributed by atoms with van der Waals surface area (Å²) in [4.78, 5) is 3.32. The van der Waals surface area contributed by atoms with Crippen LogP contribution in [0.15, 0.2) is 24.3 Å². The summed E-state index contributed by atoms with van der Waals surface area (Å²) >= 11 is 1.56. The summed E-state index contributed by atoms with van der Waals surface area (Å²) in [7, 11) is 0. The molecule has 1 heterocycles. The number of nitrogens with zero attached hydrogens (tertiary/aromatic N) is 1. The van der Waals surface area contributed by atoms with Crippen molar-refractivity contribution in [3.8, 4) is 6.07 Å². The molecular weight excluding hydrogens is 204 g/mol. The summed E-state index contributed by atoms with van der Waals surface area (Å²) in [5, 5.41) is 10.1. The molecule has 0 aliphatic carbocycles. The van der Waals surface area contributed by atoms with Crippen LogP contribution in [0.25, 0.3) is 10.9 Å². The Hall–Kier alpha value is -1.40. The summed E-state index contributed by atoms with van der Waals surface area (Å²) in [6.07, 6.45) is 1.96. The first kappa shape index (κ1) is 10.1. The number of nitriles is 1. The molecule has 1 unspecified atom stereocenters. The number of hydrogen-bond acceptors (Lipinski definition) is 2. The van der Waals surface area contributed by atoms with Gasteiger partial charge in [-0.2, -0.15) is 5.26 Å². The number of rotatable bonds is 2. The number of nitrogens with one attached hydrogen (secondary N) is 1. The lowest BCUT2D eigenvalue weighted by atomic mass is 10.1. The van der Waals surface area contributed by atoms with Crippen molar-refractivity contribution < 1.29 is 0 Å². The number of benzene rings is 1. The quantitative estimate of drug-likeness (QED) is 0.835. The molecule has 0 saturated carbocycles.